The fourth-order valence-corrected chi connectivity index (χ4v) is 2.96. The van der Waals surface area contributed by atoms with Crippen molar-refractivity contribution >= 4 is 11.8 Å². The summed E-state index contributed by atoms with van der Waals surface area (Å²) in [4.78, 5) is 26.0. The molecule has 3 rings (SSSR count). The van der Waals surface area contributed by atoms with E-state index in [9.17, 15) is 9.59 Å². The summed E-state index contributed by atoms with van der Waals surface area (Å²) in [5.74, 6) is 0.715. The second-order valence-corrected chi connectivity index (χ2v) is 5.53. The Morgan fingerprint density at radius 1 is 1.48 bits per heavy atom. The number of likely N-dealkylation sites (tertiary alicyclic amines) is 1. The molecule has 0 aromatic heterocycles. The van der Waals surface area contributed by atoms with Crippen LogP contribution in [0.5, 0.6) is 5.75 Å². The summed E-state index contributed by atoms with van der Waals surface area (Å²) in [5, 5.41) is 2.76. The summed E-state index contributed by atoms with van der Waals surface area (Å²) < 4.78 is 6.07. The summed E-state index contributed by atoms with van der Waals surface area (Å²) in [6.07, 6.45) is 2.64. The molecule has 2 aliphatic rings. The molecule has 5 heteroatoms. The molecule has 1 saturated heterocycles. The van der Waals surface area contributed by atoms with Crippen LogP contribution in [0.4, 0.5) is 4.79 Å². The maximum atomic E-state index is 12.3. The first-order chi connectivity index (χ1) is 10.1. The van der Waals surface area contributed by atoms with E-state index < -0.39 is 5.60 Å². The first-order valence-corrected chi connectivity index (χ1v) is 7.08. The monoisotopic (exact) mass is 286 g/mol. The van der Waals surface area contributed by atoms with E-state index in [4.69, 9.17) is 4.74 Å². The van der Waals surface area contributed by atoms with Crippen LogP contribution < -0.4 is 10.1 Å². The number of ether oxygens (including phenoxy) is 1. The smallest absolute Gasteiger partial charge is 0.317 e. The predicted octanol–water partition coefficient (Wildman–Crippen LogP) is 1.99. The number of amides is 2. The minimum absolute atomic E-state index is 0.0881. The minimum Gasteiger partial charge on any atom is -0.484 e. The van der Waals surface area contributed by atoms with Crippen molar-refractivity contribution < 1.29 is 14.3 Å². The van der Waals surface area contributed by atoms with E-state index in [0.29, 0.717) is 43.8 Å². The van der Waals surface area contributed by atoms with Crippen LogP contribution >= 0.6 is 0 Å². The summed E-state index contributed by atoms with van der Waals surface area (Å²) in [7, 11) is 0. The first-order valence-electron chi connectivity index (χ1n) is 7.08. The molecule has 5 nitrogen and oxygen atoms in total. The van der Waals surface area contributed by atoms with Gasteiger partial charge in [-0.25, -0.2) is 4.79 Å². The number of hydrogen-bond acceptors (Lipinski definition) is 3. The number of benzene rings is 1. The highest BCUT2D eigenvalue weighted by Gasteiger charge is 2.46. The van der Waals surface area contributed by atoms with Crippen LogP contribution in [0.2, 0.25) is 0 Å². The Morgan fingerprint density at radius 2 is 2.29 bits per heavy atom. The standard InChI is InChI=1S/C16H18N2O3/c1-2-8-17-15(20)18-9-7-16(11-18)10-13(19)12-5-3-4-6-14(12)21-16/h2-6H,1,7-11H2,(H,17,20). The zero-order valence-electron chi connectivity index (χ0n) is 11.8. The average molecular weight is 286 g/mol. The van der Waals surface area contributed by atoms with Gasteiger partial charge in [0.25, 0.3) is 0 Å². The van der Waals surface area contributed by atoms with Gasteiger partial charge in [-0.1, -0.05) is 18.2 Å². The lowest BCUT2D eigenvalue weighted by molar-refractivity contribution is 0.0478. The van der Waals surface area contributed by atoms with E-state index in [0.717, 1.165) is 0 Å². The van der Waals surface area contributed by atoms with Crippen molar-refractivity contribution in [3.8, 4) is 5.75 Å². The fraction of sp³-hybridized carbons (Fsp3) is 0.375. The van der Waals surface area contributed by atoms with Crippen molar-refractivity contribution in [2.75, 3.05) is 19.6 Å². The SMILES string of the molecule is C=CCNC(=O)N1CCC2(CC(=O)c3ccccc3O2)C1. The Morgan fingerprint density at radius 3 is 3.10 bits per heavy atom. The van der Waals surface area contributed by atoms with Crippen LogP contribution in [-0.4, -0.2) is 41.9 Å². The molecular formula is C16H18N2O3. The minimum atomic E-state index is -0.572. The van der Waals surface area contributed by atoms with E-state index in [1.807, 2.05) is 18.2 Å². The number of carbonyl (C=O) groups is 2. The maximum absolute atomic E-state index is 12.3. The van der Waals surface area contributed by atoms with Gasteiger partial charge in [-0.3, -0.25) is 4.79 Å². The molecular weight excluding hydrogens is 268 g/mol. The van der Waals surface area contributed by atoms with Crippen LogP contribution in [0.3, 0.4) is 0 Å². The Labute approximate surface area is 123 Å². The van der Waals surface area contributed by atoms with Crippen molar-refractivity contribution in [3.63, 3.8) is 0 Å². The van der Waals surface area contributed by atoms with Crippen LogP contribution in [0.15, 0.2) is 36.9 Å². The Hall–Kier alpha value is -2.30. The van der Waals surface area contributed by atoms with Crippen molar-refractivity contribution in [2.24, 2.45) is 0 Å². The van der Waals surface area contributed by atoms with Gasteiger partial charge in [0.2, 0.25) is 0 Å². The van der Waals surface area contributed by atoms with Crippen molar-refractivity contribution in [1.29, 1.82) is 0 Å². The largest absolute Gasteiger partial charge is 0.484 e. The second kappa shape index (κ2) is 5.24. The third kappa shape index (κ3) is 2.51. The molecule has 1 spiro atoms. The van der Waals surface area contributed by atoms with Gasteiger partial charge < -0.3 is 15.0 Å². The van der Waals surface area contributed by atoms with Gasteiger partial charge in [-0.15, -0.1) is 6.58 Å². The van der Waals surface area contributed by atoms with Gasteiger partial charge in [0, 0.05) is 19.5 Å². The van der Waals surface area contributed by atoms with Gasteiger partial charge in [0.05, 0.1) is 18.5 Å². The van der Waals surface area contributed by atoms with Crippen LogP contribution in [0, 0.1) is 0 Å². The first kappa shape index (κ1) is 13.7. The normalized spacial score (nSPS) is 23.6. The molecule has 2 aliphatic heterocycles. The molecule has 1 atom stereocenters. The molecule has 1 N–H and O–H groups in total. The summed E-state index contributed by atoms with van der Waals surface area (Å²) in [6.45, 7) is 5.05. The van der Waals surface area contributed by atoms with Gasteiger partial charge in [0.1, 0.15) is 11.4 Å². The number of ketones is 1. The lowest BCUT2D eigenvalue weighted by atomic mass is 9.89. The lowest BCUT2D eigenvalue weighted by Gasteiger charge is -2.34. The van der Waals surface area contributed by atoms with Gasteiger partial charge in [-0.2, -0.15) is 0 Å². The zero-order valence-corrected chi connectivity index (χ0v) is 11.8. The summed E-state index contributed by atoms with van der Waals surface area (Å²) in [6, 6.07) is 7.15. The number of Topliss-reactive ketones (excluding diaryl/α,β-unsaturated/α-hetero) is 1. The quantitative estimate of drug-likeness (QED) is 0.846. The molecule has 0 aliphatic carbocycles. The Balaban J connectivity index is 1.75. The van der Waals surface area contributed by atoms with Gasteiger partial charge >= 0.3 is 6.03 Å². The third-order valence-electron chi connectivity index (χ3n) is 4.00. The number of rotatable bonds is 2. The molecule has 0 saturated carbocycles. The maximum Gasteiger partial charge on any atom is 0.317 e. The summed E-state index contributed by atoms with van der Waals surface area (Å²) in [5.41, 5.74) is 0.0643. The molecule has 1 aromatic carbocycles. The van der Waals surface area contributed by atoms with E-state index in [2.05, 4.69) is 11.9 Å². The predicted molar refractivity (Wildman–Crippen MR) is 78.5 cm³/mol. The molecule has 2 heterocycles. The number of hydrogen-bond donors (Lipinski definition) is 1. The molecule has 1 aromatic rings. The number of nitrogens with zero attached hydrogens (tertiary/aromatic N) is 1. The zero-order chi connectivity index (χ0) is 14.9. The molecule has 0 bridgehead atoms. The van der Waals surface area contributed by atoms with Crippen LogP contribution in [-0.2, 0) is 0 Å². The highest BCUT2D eigenvalue weighted by atomic mass is 16.5. The topological polar surface area (TPSA) is 58.6 Å². The highest BCUT2D eigenvalue weighted by molar-refractivity contribution is 6.00. The number of fused-ring (bicyclic) bond motifs is 1. The van der Waals surface area contributed by atoms with Crippen molar-refractivity contribution in [3.05, 3.63) is 42.5 Å². The molecule has 21 heavy (non-hydrogen) atoms. The molecule has 1 unspecified atom stereocenters. The highest BCUT2D eigenvalue weighted by Crippen LogP contribution is 2.38. The van der Waals surface area contributed by atoms with Gasteiger partial charge in [0.15, 0.2) is 5.78 Å². The second-order valence-electron chi connectivity index (χ2n) is 5.53. The third-order valence-corrected chi connectivity index (χ3v) is 4.00. The number of urea groups is 1. The van der Waals surface area contributed by atoms with Crippen LogP contribution in [0.25, 0.3) is 0 Å². The molecule has 2 amide bonds. The number of carbonyl (C=O) groups excluding carboxylic acids is 2. The summed E-state index contributed by atoms with van der Waals surface area (Å²) >= 11 is 0. The van der Waals surface area contributed by atoms with E-state index in [-0.39, 0.29) is 11.8 Å². The van der Waals surface area contributed by atoms with E-state index in [1.165, 1.54) is 0 Å². The van der Waals surface area contributed by atoms with Gasteiger partial charge in [-0.05, 0) is 12.1 Å². The van der Waals surface area contributed by atoms with E-state index in [1.54, 1.807) is 17.0 Å². The number of para-hydroxylation sites is 1. The van der Waals surface area contributed by atoms with Crippen molar-refractivity contribution in [2.45, 2.75) is 18.4 Å². The van der Waals surface area contributed by atoms with Crippen molar-refractivity contribution in [1.82, 2.24) is 10.2 Å². The lowest BCUT2D eigenvalue weighted by Crippen LogP contribution is -2.47. The number of nitrogens with one attached hydrogen (secondary N) is 1. The van der Waals surface area contributed by atoms with Crippen LogP contribution in [0.1, 0.15) is 23.2 Å². The molecule has 1 fully saturated rings. The fourth-order valence-electron chi connectivity index (χ4n) is 2.96. The van der Waals surface area contributed by atoms with E-state index >= 15 is 0 Å². The average Bonchev–Trinajstić information content (AvgIpc) is 2.88. The Bertz CT molecular complexity index is 599. The molecule has 110 valence electrons. The molecule has 0 radical (unpaired) electrons. The Kier molecular flexibility index (Phi) is 3.41.